The number of hydrogen-bond donors (Lipinski definition) is 2. The van der Waals surface area contributed by atoms with Gasteiger partial charge in [0.05, 0.1) is 0 Å². The van der Waals surface area contributed by atoms with E-state index in [-0.39, 0.29) is 17.9 Å². The molecule has 1 saturated heterocycles. The monoisotopic (exact) mass is 311 g/mol. The van der Waals surface area contributed by atoms with E-state index in [9.17, 15) is 9.90 Å². The Morgan fingerprint density at radius 3 is 2.71 bits per heavy atom. The van der Waals surface area contributed by atoms with E-state index < -0.39 is 30.5 Å². The summed E-state index contributed by atoms with van der Waals surface area (Å²) in [6, 6.07) is 0.134. The molecule has 1 amide bonds. The molecule has 14 heavy (non-hydrogen) atoms. The molecule has 0 aromatic heterocycles. The normalized spacial score (nSPS) is 37.4. The minimum absolute atomic E-state index is 0.0687. The van der Waals surface area contributed by atoms with Crippen molar-refractivity contribution < 1.29 is 9.90 Å². The van der Waals surface area contributed by atoms with Crippen LogP contribution in [0.1, 0.15) is 20.8 Å². The number of aliphatic hydroxyl groups is 1. The van der Waals surface area contributed by atoms with Crippen LogP contribution in [0.4, 0.5) is 0 Å². The van der Waals surface area contributed by atoms with Gasteiger partial charge in [0.1, 0.15) is 0 Å². The molecule has 0 aliphatic carbocycles. The second-order valence-corrected chi connectivity index (χ2v) is 7.64. The summed E-state index contributed by atoms with van der Waals surface area (Å²) in [4.78, 5) is 11.7. The molecule has 78 valence electrons. The summed E-state index contributed by atoms with van der Waals surface area (Å²) in [5, 5.41) is 13.0. The average Bonchev–Trinajstić information content (AvgIpc) is 2.38. The molecule has 0 bridgehead atoms. The molecule has 3 atom stereocenters. The first-order chi connectivity index (χ1) is 6.50. The number of carbonyl (C=O) groups is 1. The van der Waals surface area contributed by atoms with Gasteiger partial charge in [-0.3, -0.25) is 0 Å². The Hall–Kier alpha value is -0.0404. The summed E-state index contributed by atoms with van der Waals surface area (Å²) in [6.45, 7) is 6.00. The van der Waals surface area contributed by atoms with E-state index in [1.807, 2.05) is 20.8 Å². The predicted octanol–water partition coefficient (Wildman–Crippen LogP) is 0.282. The molecular weight excluding hydrogens is 294 g/mol. The molecular formula is C10H15NO2Te. The van der Waals surface area contributed by atoms with Crippen molar-refractivity contribution in [1.29, 1.82) is 0 Å². The van der Waals surface area contributed by atoms with Crippen molar-refractivity contribution in [1.82, 2.24) is 5.32 Å². The maximum atomic E-state index is 11.7. The zero-order valence-electron chi connectivity index (χ0n) is 8.57. The van der Waals surface area contributed by atoms with E-state index >= 15 is 0 Å². The maximum absolute atomic E-state index is 11.7. The third-order valence-electron chi connectivity index (χ3n) is 3.03. The van der Waals surface area contributed by atoms with Crippen LogP contribution in [0.2, 0.25) is 3.46 Å². The number of hydrogen-bond acceptors (Lipinski definition) is 2. The number of carbonyl (C=O) groups excluding carboxylic acids is 1. The Labute approximate surface area is 94.0 Å². The van der Waals surface area contributed by atoms with E-state index in [0.717, 1.165) is 0 Å². The summed E-state index contributed by atoms with van der Waals surface area (Å²) < 4.78 is 1.78. The number of β-lactam (4-membered cyclic amide) rings is 1. The number of amides is 1. The van der Waals surface area contributed by atoms with Crippen molar-refractivity contribution in [2.75, 3.05) is 0 Å². The van der Waals surface area contributed by atoms with Crippen molar-refractivity contribution in [3.05, 3.63) is 9.70 Å². The number of rotatable bonds is 2. The van der Waals surface area contributed by atoms with Gasteiger partial charge in [0.2, 0.25) is 0 Å². The van der Waals surface area contributed by atoms with Crippen LogP contribution < -0.4 is 5.32 Å². The van der Waals surface area contributed by atoms with Crippen molar-refractivity contribution >= 4 is 26.8 Å². The Kier molecular flexibility index (Phi) is 2.42. The summed E-state index contributed by atoms with van der Waals surface area (Å²) in [6.07, 6.45) is -0.475. The third-order valence-corrected chi connectivity index (χ3v) is 7.43. The molecule has 2 aliphatic heterocycles. The Bertz CT molecular complexity index is 313. The van der Waals surface area contributed by atoms with Crippen LogP contribution in [-0.4, -0.2) is 44.1 Å². The molecule has 2 N–H and O–H groups in total. The quantitative estimate of drug-likeness (QED) is 0.569. The first-order valence-corrected chi connectivity index (χ1v) is 7.34. The van der Waals surface area contributed by atoms with Crippen LogP contribution in [0.3, 0.4) is 0 Å². The van der Waals surface area contributed by atoms with E-state index in [2.05, 4.69) is 9.44 Å². The van der Waals surface area contributed by atoms with E-state index in [0.29, 0.717) is 0 Å². The third kappa shape index (κ3) is 1.11. The van der Waals surface area contributed by atoms with Crippen LogP contribution in [0.25, 0.3) is 0 Å². The molecule has 2 aliphatic rings. The van der Waals surface area contributed by atoms with Crippen LogP contribution in [-0.2, 0) is 4.79 Å². The molecule has 2 rings (SSSR count). The van der Waals surface area contributed by atoms with Gasteiger partial charge in [0.15, 0.2) is 0 Å². The Balaban J connectivity index is 2.28. The standard InChI is InChI=1S/C10H15NO2Te/c1-5(2)8(12)10-7(11-9(10)13)6(3)4-14-10/h4-5,7-8,12H,1-3H3,(H,11,13)/t7-,8-,10-/m0/s1. The van der Waals surface area contributed by atoms with Crippen molar-refractivity contribution in [3.8, 4) is 0 Å². The van der Waals surface area contributed by atoms with Crippen LogP contribution in [0.15, 0.2) is 9.70 Å². The Morgan fingerprint density at radius 2 is 2.29 bits per heavy atom. The summed E-state index contributed by atoms with van der Waals surface area (Å²) in [5.41, 5.74) is 1.24. The van der Waals surface area contributed by atoms with Gasteiger partial charge < -0.3 is 0 Å². The first-order valence-electron chi connectivity index (χ1n) is 4.83. The summed E-state index contributed by atoms with van der Waals surface area (Å²) in [7, 11) is 0. The molecule has 3 nitrogen and oxygen atoms in total. The zero-order chi connectivity index (χ0) is 10.5. The van der Waals surface area contributed by atoms with Crippen molar-refractivity contribution in [2.45, 2.75) is 36.4 Å². The number of aliphatic hydroxyl groups excluding tert-OH is 1. The second kappa shape index (κ2) is 3.23. The molecule has 0 spiro atoms. The van der Waals surface area contributed by atoms with E-state index in [4.69, 9.17) is 0 Å². The molecule has 0 aromatic carbocycles. The molecule has 0 saturated carbocycles. The Morgan fingerprint density at radius 1 is 1.64 bits per heavy atom. The molecule has 2 heterocycles. The molecule has 0 aromatic rings. The number of nitrogens with one attached hydrogen (secondary N) is 1. The topological polar surface area (TPSA) is 49.3 Å². The SMILES string of the molecule is CC1=C[Te][C@@]2([C@@H](O)C(C)C)C(=O)N[C@@H]12. The molecule has 0 radical (unpaired) electrons. The van der Waals surface area contributed by atoms with Gasteiger partial charge >= 0.3 is 94.0 Å². The summed E-state index contributed by atoms with van der Waals surface area (Å²) >= 11 is -0.526. The van der Waals surface area contributed by atoms with E-state index in [1.165, 1.54) is 5.57 Å². The van der Waals surface area contributed by atoms with Gasteiger partial charge in [-0.05, 0) is 0 Å². The average molecular weight is 309 g/mol. The van der Waals surface area contributed by atoms with Gasteiger partial charge in [-0.25, -0.2) is 0 Å². The predicted molar refractivity (Wildman–Crippen MR) is 55.0 cm³/mol. The molecule has 1 fully saturated rings. The van der Waals surface area contributed by atoms with E-state index in [1.54, 1.807) is 0 Å². The fourth-order valence-corrected chi connectivity index (χ4v) is 6.32. The second-order valence-electron chi connectivity index (χ2n) is 4.37. The van der Waals surface area contributed by atoms with Crippen LogP contribution in [0.5, 0.6) is 0 Å². The summed E-state index contributed by atoms with van der Waals surface area (Å²) in [5.74, 6) is 0.229. The van der Waals surface area contributed by atoms with Crippen LogP contribution in [0, 0.1) is 5.92 Å². The zero-order valence-corrected chi connectivity index (χ0v) is 10.9. The van der Waals surface area contributed by atoms with Gasteiger partial charge in [0.25, 0.3) is 0 Å². The van der Waals surface area contributed by atoms with Crippen molar-refractivity contribution in [3.63, 3.8) is 0 Å². The van der Waals surface area contributed by atoms with Crippen LogP contribution >= 0.6 is 0 Å². The molecule has 4 heteroatoms. The van der Waals surface area contributed by atoms with Gasteiger partial charge in [-0.1, -0.05) is 0 Å². The fraction of sp³-hybridized carbons (Fsp3) is 0.700. The fourth-order valence-electron chi connectivity index (χ4n) is 2.11. The van der Waals surface area contributed by atoms with Crippen molar-refractivity contribution in [2.24, 2.45) is 5.92 Å². The minimum atomic E-state index is -0.526. The number of fused-ring (bicyclic) bond motifs is 1. The van der Waals surface area contributed by atoms with Gasteiger partial charge in [-0.2, -0.15) is 0 Å². The first kappa shape index (κ1) is 10.5. The van der Waals surface area contributed by atoms with Gasteiger partial charge in [-0.15, -0.1) is 0 Å². The molecule has 0 unspecified atom stereocenters. The van der Waals surface area contributed by atoms with Gasteiger partial charge in [0, 0.05) is 0 Å².